The molecular formula is C22H31N3O4. The Labute approximate surface area is 172 Å². The molecule has 2 heterocycles. The number of hydrogen-bond donors (Lipinski definition) is 0. The fourth-order valence-electron chi connectivity index (χ4n) is 3.99. The van der Waals surface area contributed by atoms with E-state index >= 15 is 0 Å². The van der Waals surface area contributed by atoms with Crippen LogP contribution in [-0.4, -0.2) is 80.1 Å². The van der Waals surface area contributed by atoms with Gasteiger partial charge < -0.3 is 24.2 Å². The molecule has 0 atom stereocenters. The number of rotatable bonds is 4. The third-order valence-corrected chi connectivity index (χ3v) is 5.56. The van der Waals surface area contributed by atoms with E-state index in [1.165, 1.54) is 6.42 Å². The summed E-state index contributed by atoms with van der Waals surface area (Å²) in [5.74, 6) is 1.09. The van der Waals surface area contributed by atoms with E-state index in [-0.39, 0.29) is 11.9 Å². The average molecular weight is 402 g/mol. The lowest BCUT2D eigenvalue weighted by Crippen LogP contribution is -2.54. The van der Waals surface area contributed by atoms with Crippen LogP contribution in [0.5, 0.6) is 11.5 Å². The Morgan fingerprint density at radius 1 is 0.862 bits per heavy atom. The molecule has 0 spiro atoms. The van der Waals surface area contributed by atoms with Gasteiger partial charge in [0.25, 0.3) is 5.91 Å². The first-order valence-corrected chi connectivity index (χ1v) is 10.3. The molecule has 2 saturated heterocycles. The van der Waals surface area contributed by atoms with Crippen molar-refractivity contribution in [1.29, 1.82) is 0 Å². The Bertz CT molecular complexity index is 764. The number of urea groups is 1. The molecular weight excluding hydrogens is 370 g/mol. The van der Waals surface area contributed by atoms with Crippen molar-refractivity contribution in [2.45, 2.75) is 26.2 Å². The lowest BCUT2D eigenvalue weighted by atomic mass is 10.1. The summed E-state index contributed by atoms with van der Waals surface area (Å²) in [6, 6.07) is 3.66. The predicted octanol–water partition coefficient (Wildman–Crippen LogP) is 3.10. The second-order valence-corrected chi connectivity index (χ2v) is 7.41. The standard InChI is InChI=1S/C22H31N3O4/c1-4-8-17-15-18(16-19(28-2)20(17)29-3)21(26)23-11-13-25(14-12-23)22(27)24-9-6-5-7-10-24/h4,8,15-16H,5-7,9-14H2,1-3H3/b8-4+. The highest BCUT2D eigenvalue weighted by atomic mass is 16.5. The maximum atomic E-state index is 13.1. The van der Waals surface area contributed by atoms with Crippen molar-refractivity contribution < 1.29 is 19.1 Å². The molecule has 0 saturated carbocycles. The van der Waals surface area contributed by atoms with Crippen molar-refractivity contribution in [1.82, 2.24) is 14.7 Å². The average Bonchev–Trinajstić information content (AvgIpc) is 2.78. The van der Waals surface area contributed by atoms with E-state index in [2.05, 4.69) is 0 Å². The van der Waals surface area contributed by atoms with Gasteiger partial charge in [-0.25, -0.2) is 4.79 Å². The summed E-state index contributed by atoms with van der Waals surface area (Å²) in [7, 11) is 3.15. The highest BCUT2D eigenvalue weighted by Crippen LogP contribution is 2.34. The first-order chi connectivity index (χ1) is 14.1. The third kappa shape index (κ3) is 4.66. The lowest BCUT2D eigenvalue weighted by Gasteiger charge is -2.38. The molecule has 158 valence electrons. The lowest BCUT2D eigenvalue weighted by molar-refractivity contribution is 0.0632. The SMILES string of the molecule is C/C=C/c1cc(C(=O)N2CCN(C(=O)N3CCCCC3)CC2)cc(OC)c1OC. The van der Waals surface area contributed by atoms with E-state index in [9.17, 15) is 9.59 Å². The van der Waals surface area contributed by atoms with Gasteiger partial charge >= 0.3 is 6.03 Å². The molecule has 7 heteroatoms. The molecule has 2 aliphatic rings. The molecule has 0 aliphatic carbocycles. The van der Waals surface area contributed by atoms with Gasteiger partial charge in [-0.05, 0) is 38.3 Å². The number of carbonyl (C=O) groups excluding carboxylic acids is 2. The maximum Gasteiger partial charge on any atom is 0.320 e. The zero-order valence-electron chi connectivity index (χ0n) is 17.6. The van der Waals surface area contributed by atoms with Gasteiger partial charge in [-0.3, -0.25) is 4.79 Å². The van der Waals surface area contributed by atoms with Crippen LogP contribution >= 0.6 is 0 Å². The number of piperazine rings is 1. The minimum Gasteiger partial charge on any atom is -0.493 e. The molecule has 2 fully saturated rings. The van der Waals surface area contributed by atoms with Crippen LogP contribution in [-0.2, 0) is 0 Å². The topological polar surface area (TPSA) is 62.3 Å². The van der Waals surface area contributed by atoms with Gasteiger partial charge in [0, 0.05) is 50.4 Å². The van der Waals surface area contributed by atoms with Gasteiger partial charge in [-0.1, -0.05) is 12.2 Å². The molecule has 0 aromatic heterocycles. The Morgan fingerprint density at radius 3 is 2.07 bits per heavy atom. The Balaban J connectivity index is 1.68. The van der Waals surface area contributed by atoms with E-state index in [1.54, 1.807) is 25.2 Å². The monoisotopic (exact) mass is 401 g/mol. The quantitative estimate of drug-likeness (QED) is 0.778. The molecule has 1 aromatic rings. The summed E-state index contributed by atoms with van der Waals surface area (Å²) in [4.78, 5) is 31.4. The van der Waals surface area contributed by atoms with E-state index in [4.69, 9.17) is 9.47 Å². The number of ether oxygens (including phenoxy) is 2. The van der Waals surface area contributed by atoms with Gasteiger partial charge in [0.15, 0.2) is 11.5 Å². The van der Waals surface area contributed by atoms with E-state index in [0.29, 0.717) is 43.2 Å². The number of likely N-dealkylation sites (tertiary alicyclic amines) is 1. The van der Waals surface area contributed by atoms with Crippen LogP contribution in [0.25, 0.3) is 6.08 Å². The second kappa shape index (κ2) is 9.67. The number of benzene rings is 1. The van der Waals surface area contributed by atoms with Crippen LogP contribution in [0.1, 0.15) is 42.1 Å². The number of amides is 3. The summed E-state index contributed by atoms with van der Waals surface area (Å²) in [6.07, 6.45) is 7.16. The highest BCUT2D eigenvalue weighted by molar-refractivity contribution is 5.96. The van der Waals surface area contributed by atoms with Crippen molar-refractivity contribution in [2.24, 2.45) is 0 Å². The summed E-state index contributed by atoms with van der Waals surface area (Å²) in [5.41, 5.74) is 1.36. The maximum absolute atomic E-state index is 13.1. The Hall–Kier alpha value is -2.70. The summed E-state index contributed by atoms with van der Waals surface area (Å²) < 4.78 is 10.9. The molecule has 3 amide bonds. The second-order valence-electron chi connectivity index (χ2n) is 7.41. The van der Waals surface area contributed by atoms with Gasteiger partial charge in [-0.15, -0.1) is 0 Å². The predicted molar refractivity (Wildman–Crippen MR) is 113 cm³/mol. The van der Waals surface area contributed by atoms with Crippen LogP contribution in [0.4, 0.5) is 4.79 Å². The molecule has 7 nitrogen and oxygen atoms in total. The smallest absolute Gasteiger partial charge is 0.320 e. The molecule has 29 heavy (non-hydrogen) atoms. The van der Waals surface area contributed by atoms with Crippen LogP contribution < -0.4 is 9.47 Å². The van der Waals surface area contributed by atoms with Crippen molar-refractivity contribution in [2.75, 3.05) is 53.5 Å². The van der Waals surface area contributed by atoms with Gasteiger partial charge in [0.1, 0.15) is 0 Å². The summed E-state index contributed by atoms with van der Waals surface area (Å²) >= 11 is 0. The van der Waals surface area contributed by atoms with Gasteiger partial charge in [0.05, 0.1) is 14.2 Å². The van der Waals surface area contributed by atoms with Crippen molar-refractivity contribution >= 4 is 18.0 Å². The number of carbonyl (C=O) groups is 2. The zero-order valence-corrected chi connectivity index (χ0v) is 17.6. The minimum atomic E-state index is -0.0539. The van der Waals surface area contributed by atoms with Crippen molar-refractivity contribution in [3.05, 3.63) is 29.3 Å². The zero-order chi connectivity index (χ0) is 20.8. The molecule has 3 rings (SSSR count). The first-order valence-electron chi connectivity index (χ1n) is 10.3. The van der Waals surface area contributed by atoms with Crippen LogP contribution in [0.15, 0.2) is 18.2 Å². The van der Waals surface area contributed by atoms with Crippen molar-refractivity contribution in [3.63, 3.8) is 0 Å². The molecule has 0 radical (unpaired) electrons. The number of methoxy groups -OCH3 is 2. The molecule has 0 unspecified atom stereocenters. The normalized spacial score (nSPS) is 17.6. The molecule has 1 aromatic carbocycles. The number of piperidine rings is 1. The Morgan fingerprint density at radius 2 is 1.48 bits per heavy atom. The molecule has 0 N–H and O–H groups in total. The first kappa shape index (κ1) is 21.0. The molecule has 0 bridgehead atoms. The van der Waals surface area contributed by atoms with Crippen molar-refractivity contribution in [3.8, 4) is 11.5 Å². The largest absolute Gasteiger partial charge is 0.493 e. The minimum absolute atomic E-state index is 0.0539. The fraction of sp³-hybridized carbons (Fsp3) is 0.545. The fourth-order valence-corrected chi connectivity index (χ4v) is 3.99. The Kier molecular flexibility index (Phi) is 7.01. The van der Waals surface area contributed by atoms with Crippen LogP contribution in [0.3, 0.4) is 0 Å². The number of allylic oxidation sites excluding steroid dienone is 1. The van der Waals surface area contributed by atoms with Gasteiger partial charge in [-0.2, -0.15) is 0 Å². The third-order valence-electron chi connectivity index (χ3n) is 5.56. The molecule has 2 aliphatic heterocycles. The number of nitrogens with zero attached hydrogens (tertiary/aromatic N) is 3. The van der Waals surface area contributed by atoms with E-state index in [0.717, 1.165) is 31.5 Å². The highest BCUT2D eigenvalue weighted by Gasteiger charge is 2.29. The summed E-state index contributed by atoms with van der Waals surface area (Å²) in [6.45, 7) is 5.80. The van der Waals surface area contributed by atoms with Crippen LogP contribution in [0, 0.1) is 0 Å². The number of hydrogen-bond acceptors (Lipinski definition) is 4. The summed E-state index contributed by atoms with van der Waals surface area (Å²) in [5, 5.41) is 0. The van der Waals surface area contributed by atoms with Gasteiger partial charge in [0.2, 0.25) is 0 Å². The van der Waals surface area contributed by atoms with Crippen LogP contribution in [0.2, 0.25) is 0 Å². The van der Waals surface area contributed by atoms with E-state index < -0.39 is 0 Å². The van der Waals surface area contributed by atoms with E-state index in [1.807, 2.05) is 34.9 Å².